The number of nitrogens with one attached hydrogen (secondary N) is 1. The molecule has 3 heteroatoms. The second-order valence-electron chi connectivity index (χ2n) is 3.33. The van der Waals surface area contributed by atoms with Crippen molar-refractivity contribution in [2.75, 3.05) is 7.11 Å². The lowest BCUT2D eigenvalue weighted by Crippen LogP contribution is -2.12. The van der Waals surface area contributed by atoms with Gasteiger partial charge in [-0.05, 0) is 30.5 Å². The lowest BCUT2D eigenvalue weighted by molar-refractivity contribution is 0.0865. The van der Waals surface area contributed by atoms with Crippen LogP contribution in [0.15, 0.2) is 18.2 Å². The Balaban J connectivity index is 2.85. The Morgan fingerprint density at radius 1 is 1.50 bits per heavy atom. The summed E-state index contributed by atoms with van der Waals surface area (Å²) in [5, 5.41) is 0. The molecule has 0 amide bonds. The molecule has 1 atom stereocenters. The molecule has 0 heterocycles. The van der Waals surface area contributed by atoms with E-state index in [2.05, 4.69) is 5.48 Å². The summed E-state index contributed by atoms with van der Waals surface area (Å²) in [6, 6.07) is 5.61. The molecule has 0 aliphatic carbocycles. The van der Waals surface area contributed by atoms with Crippen molar-refractivity contribution >= 4 is 0 Å². The summed E-state index contributed by atoms with van der Waals surface area (Å²) in [6.07, 6.45) is -0.920. The summed E-state index contributed by atoms with van der Waals surface area (Å²) in [5.74, 6) is 0. The van der Waals surface area contributed by atoms with E-state index in [1.807, 2.05) is 25.1 Å². The molecule has 0 fully saturated rings. The van der Waals surface area contributed by atoms with Gasteiger partial charge in [0.2, 0.25) is 0 Å². The van der Waals surface area contributed by atoms with Crippen LogP contribution in [0.5, 0.6) is 0 Å². The molecule has 0 aliphatic rings. The van der Waals surface area contributed by atoms with Crippen molar-refractivity contribution < 1.29 is 9.23 Å². The van der Waals surface area contributed by atoms with E-state index in [0.29, 0.717) is 12.1 Å². The van der Waals surface area contributed by atoms with Crippen molar-refractivity contribution in [3.63, 3.8) is 0 Å². The van der Waals surface area contributed by atoms with Gasteiger partial charge in [-0.2, -0.15) is 5.48 Å². The minimum Gasteiger partial charge on any atom is -0.305 e. The molecule has 1 aromatic carbocycles. The fraction of sp³-hybridized carbons (Fsp3) is 0.455. The van der Waals surface area contributed by atoms with Gasteiger partial charge < -0.3 is 4.84 Å². The minimum absolute atomic E-state index is 0.600. The smallest absolute Gasteiger partial charge is 0.122 e. The van der Waals surface area contributed by atoms with Gasteiger partial charge in [0, 0.05) is 6.54 Å². The maximum absolute atomic E-state index is 13.0. The first-order valence-electron chi connectivity index (χ1n) is 4.64. The molecule has 1 aromatic rings. The van der Waals surface area contributed by atoms with Crippen molar-refractivity contribution in [2.24, 2.45) is 0 Å². The highest BCUT2D eigenvalue weighted by molar-refractivity contribution is 5.31. The number of hydrogen-bond donors (Lipinski definition) is 1. The summed E-state index contributed by atoms with van der Waals surface area (Å²) in [7, 11) is 1.57. The molecular formula is C11H16FNO. The Hall–Kier alpha value is -0.930. The Kier molecular flexibility index (Phi) is 4.04. The second kappa shape index (κ2) is 5.08. The zero-order valence-corrected chi connectivity index (χ0v) is 8.80. The predicted octanol–water partition coefficient (Wildman–Crippen LogP) is 2.68. The molecule has 0 aromatic heterocycles. The van der Waals surface area contributed by atoms with Crippen LogP contribution < -0.4 is 5.48 Å². The molecule has 0 aliphatic heterocycles. The molecule has 0 radical (unpaired) electrons. The molecule has 78 valence electrons. The van der Waals surface area contributed by atoms with E-state index < -0.39 is 6.17 Å². The Bertz CT molecular complexity index is 299. The number of hydroxylamine groups is 1. The van der Waals surface area contributed by atoms with Crippen molar-refractivity contribution in [3.05, 3.63) is 34.9 Å². The van der Waals surface area contributed by atoms with Crippen LogP contribution >= 0.6 is 0 Å². The Morgan fingerprint density at radius 2 is 2.21 bits per heavy atom. The van der Waals surface area contributed by atoms with Crippen molar-refractivity contribution in [1.29, 1.82) is 0 Å². The molecule has 1 N–H and O–H groups in total. The first-order chi connectivity index (χ1) is 6.65. The quantitative estimate of drug-likeness (QED) is 0.749. The van der Waals surface area contributed by atoms with Gasteiger partial charge in [0.25, 0.3) is 0 Å². The van der Waals surface area contributed by atoms with E-state index in [1.165, 1.54) is 6.92 Å². The predicted molar refractivity (Wildman–Crippen MR) is 54.6 cm³/mol. The van der Waals surface area contributed by atoms with E-state index in [0.717, 1.165) is 11.1 Å². The Morgan fingerprint density at radius 3 is 2.79 bits per heavy atom. The number of benzene rings is 1. The summed E-state index contributed by atoms with van der Waals surface area (Å²) in [6.45, 7) is 4.14. The average molecular weight is 197 g/mol. The summed E-state index contributed by atoms with van der Waals surface area (Å²) in [5.41, 5.74) is 5.66. The first-order valence-corrected chi connectivity index (χ1v) is 4.64. The molecule has 0 saturated carbocycles. The van der Waals surface area contributed by atoms with Crippen molar-refractivity contribution in [2.45, 2.75) is 26.6 Å². The third kappa shape index (κ3) is 2.79. The highest BCUT2D eigenvalue weighted by Crippen LogP contribution is 2.19. The van der Waals surface area contributed by atoms with Crippen molar-refractivity contribution in [1.82, 2.24) is 5.48 Å². The van der Waals surface area contributed by atoms with Gasteiger partial charge in [-0.1, -0.05) is 18.2 Å². The molecular weight excluding hydrogens is 181 g/mol. The van der Waals surface area contributed by atoms with Crippen LogP contribution in [0.4, 0.5) is 4.39 Å². The fourth-order valence-electron chi connectivity index (χ4n) is 1.28. The van der Waals surface area contributed by atoms with Crippen LogP contribution in [-0.2, 0) is 11.4 Å². The average Bonchev–Trinajstić information content (AvgIpc) is 2.16. The maximum Gasteiger partial charge on any atom is 0.122 e. The molecule has 1 rings (SSSR count). The molecule has 1 unspecified atom stereocenters. The summed E-state index contributed by atoms with van der Waals surface area (Å²) >= 11 is 0. The van der Waals surface area contributed by atoms with Gasteiger partial charge in [-0.25, -0.2) is 4.39 Å². The molecule has 0 saturated heterocycles. The van der Waals surface area contributed by atoms with E-state index in [9.17, 15) is 4.39 Å². The summed E-state index contributed by atoms with van der Waals surface area (Å²) in [4.78, 5) is 4.76. The highest BCUT2D eigenvalue weighted by Gasteiger charge is 2.05. The third-order valence-electron chi connectivity index (χ3n) is 2.24. The lowest BCUT2D eigenvalue weighted by Gasteiger charge is -2.09. The fourth-order valence-corrected chi connectivity index (χ4v) is 1.28. The molecule has 14 heavy (non-hydrogen) atoms. The number of hydrogen-bond acceptors (Lipinski definition) is 2. The van der Waals surface area contributed by atoms with Crippen LogP contribution in [0.2, 0.25) is 0 Å². The van der Waals surface area contributed by atoms with Gasteiger partial charge in [0.15, 0.2) is 0 Å². The maximum atomic E-state index is 13.0. The number of alkyl halides is 1. The van der Waals surface area contributed by atoms with Crippen molar-refractivity contribution in [3.8, 4) is 0 Å². The van der Waals surface area contributed by atoms with E-state index in [4.69, 9.17) is 4.84 Å². The van der Waals surface area contributed by atoms with E-state index in [-0.39, 0.29) is 0 Å². The van der Waals surface area contributed by atoms with Crippen LogP contribution in [-0.4, -0.2) is 7.11 Å². The topological polar surface area (TPSA) is 21.3 Å². The number of aryl methyl sites for hydroxylation is 1. The van der Waals surface area contributed by atoms with Gasteiger partial charge in [0.05, 0.1) is 7.11 Å². The highest BCUT2D eigenvalue weighted by atomic mass is 19.1. The molecule has 2 nitrogen and oxygen atoms in total. The SMILES string of the molecule is CONCc1cc(C(C)F)ccc1C. The molecule has 0 spiro atoms. The second-order valence-corrected chi connectivity index (χ2v) is 3.33. The van der Waals surface area contributed by atoms with Crippen LogP contribution in [0.1, 0.15) is 29.8 Å². The van der Waals surface area contributed by atoms with E-state index >= 15 is 0 Å². The number of rotatable bonds is 4. The van der Waals surface area contributed by atoms with Gasteiger partial charge in [-0.3, -0.25) is 0 Å². The van der Waals surface area contributed by atoms with E-state index in [1.54, 1.807) is 7.11 Å². The normalized spacial score (nSPS) is 12.9. The molecule has 0 bridgehead atoms. The van der Waals surface area contributed by atoms with Crippen LogP contribution in [0, 0.1) is 6.92 Å². The largest absolute Gasteiger partial charge is 0.305 e. The zero-order valence-electron chi connectivity index (χ0n) is 8.80. The van der Waals surface area contributed by atoms with Gasteiger partial charge >= 0.3 is 0 Å². The van der Waals surface area contributed by atoms with Gasteiger partial charge in [0.1, 0.15) is 6.17 Å². The monoisotopic (exact) mass is 197 g/mol. The third-order valence-corrected chi connectivity index (χ3v) is 2.24. The minimum atomic E-state index is -0.920. The zero-order chi connectivity index (χ0) is 10.6. The van der Waals surface area contributed by atoms with Crippen LogP contribution in [0.25, 0.3) is 0 Å². The number of halogens is 1. The Labute approximate surface area is 84.0 Å². The van der Waals surface area contributed by atoms with Crippen LogP contribution in [0.3, 0.4) is 0 Å². The summed E-state index contributed by atoms with van der Waals surface area (Å²) < 4.78 is 13.0. The lowest BCUT2D eigenvalue weighted by atomic mass is 10.0. The first kappa shape index (κ1) is 11.1. The standard InChI is InChI=1S/C11H16FNO/c1-8-4-5-10(9(2)12)6-11(8)7-13-14-3/h4-6,9,13H,7H2,1-3H3. The van der Waals surface area contributed by atoms with Gasteiger partial charge in [-0.15, -0.1) is 0 Å².